The van der Waals surface area contributed by atoms with Crippen molar-refractivity contribution in [1.29, 1.82) is 0 Å². The Morgan fingerprint density at radius 2 is 2.25 bits per heavy atom. The number of nitrogen functional groups attached to an aromatic ring is 1. The summed E-state index contributed by atoms with van der Waals surface area (Å²) in [5, 5.41) is 22.7. The van der Waals surface area contributed by atoms with Crippen molar-refractivity contribution in [3.05, 3.63) is 39.8 Å². The minimum Gasteiger partial charge on any atom is -0.462 e. The highest BCUT2D eigenvalue weighted by atomic mass is 16.5. The molecule has 0 heterocycles. The van der Waals surface area contributed by atoms with Gasteiger partial charge in [-0.05, 0) is 30.2 Å². The van der Waals surface area contributed by atoms with Crippen molar-refractivity contribution in [3.63, 3.8) is 0 Å². The van der Waals surface area contributed by atoms with Gasteiger partial charge in [-0.15, -0.1) is 0 Å². The van der Waals surface area contributed by atoms with Gasteiger partial charge in [-0.2, -0.15) is 0 Å². The van der Waals surface area contributed by atoms with E-state index in [0.29, 0.717) is 0 Å². The molecule has 0 radical (unpaired) electrons. The molecule has 2 unspecified atom stereocenters. The number of carbonyl (C=O) groups is 1. The van der Waals surface area contributed by atoms with E-state index in [1.165, 1.54) is 18.2 Å². The molecule has 8 nitrogen and oxygen atoms in total. The van der Waals surface area contributed by atoms with E-state index in [9.17, 15) is 15.0 Å². The molecule has 1 rings (SSSR count). The Hall–Kier alpha value is -2.28. The number of aliphatic hydroxyl groups is 2. The molecule has 0 aliphatic heterocycles. The SMILES string of the molecule is CCOC(=O)c1cc(C(O)C(O)CN=[N+]=[N-])ccc1N. The number of nitrogens with zero attached hydrogens (tertiary/aromatic N) is 3. The smallest absolute Gasteiger partial charge is 0.340 e. The van der Waals surface area contributed by atoms with Crippen molar-refractivity contribution >= 4 is 11.7 Å². The van der Waals surface area contributed by atoms with Gasteiger partial charge in [0.2, 0.25) is 0 Å². The molecule has 20 heavy (non-hydrogen) atoms. The number of carbonyl (C=O) groups excluding carboxylic acids is 1. The fourth-order valence-corrected chi connectivity index (χ4v) is 1.59. The number of ether oxygens (including phenoxy) is 1. The zero-order chi connectivity index (χ0) is 15.1. The number of anilines is 1. The van der Waals surface area contributed by atoms with Crippen LogP contribution in [0.3, 0.4) is 0 Å². The maximum atomic E-state index is 11.7. The molecule has 0 saturated heterocycles. The molecular weight excluding hydrogens is 264 g/mol. The second kappa shape index (κ2) is 7.34. The molecule has 1 aromatic carbocycles. The van der Waals surface area contributed by atoms with Crippen LogP contribution in [0, 0.1) is 0 Å². The first-order chi connectivity index (χ1) is 9.51. The summed E-state index contributed by atoms with van der Waals surface area (Å²) in [7, 11) is 0. The Kier molecular flexibility index (Phi) is 5.79. The summed E-state index contributed by atoms with van der Waals surface area (Å²) in [5.74, 6) is -0.608. The molecule has 2 atom stereocenters. The molecular formula is C12H16N4O4. The van der Waals surface area contributed by atoms with E-state index < -0.39 is 18.2 Å². The van der Waals surface area contributed by atoms with E-state index in [0.717, 1.165) is 0 Å². The van der Waals surface area contributed by atoms with Gasteiger partial charge in [-0.25, -0.2) is 4.79 Å². The van der Waals surface area contributed by atoms with Crippen LogP contribution in [-0.4, -0.2) is 35.4 Å². The second-order valence-electron chi connectivity index (χ2n) is 3.99. The minimum atomic E-state index is -1.30. The summed E-state index contributed by atoms with van der Waals surface area (Å²) in [6.45, 7) is 1.58. The van der Waals surface area contributed by atoms with Crippen LogP contribution in [0.1, 0.15) is 28.9 Å². The van der Waals surface area contributed by atoms with Crippen LogP contribution in [0.15, 0.2) is 23.3 Å². The number of hydrogen-bond acceptors (Lipinski definition) is 6. The highest BCUT2D eigenvalue weighted by Gasteiger charge is 2.20. The molecule has 0 saturated carbocycles. The first kappa shape index (κ1) is 15.8. The summed E-state index contributed by atoms with van der Waals surface area (Å²) in [4.78, 5) is 14.2. The highest BCUT2D eigenvalue weighted by Crippen LogP contribution is 2.23. The minimum absolute atomic E-state index is 0.111. The van der Waals surface area contributed by atoms with Crippen LogP contribution in [-0.2, 0) is 4.74 Å². The Balaban J connectivity index is 2.99. The third kappa shape index (κ3) is 3.86. The van der Waals surface area contributed by atoms with Gasteiger partial charge in [0.25, 0.3) is 0 Å². The topological polar surface area (TPSA) is 142 Å². The monoisotopic (exact) mass is 280 g/mol. The number of nitrogens with two attached hydrogens (primary N) is 1. The number of esters is 1. The van der Waals surface area contributed by atoms with E-state index >= 15 is 0 Å². The van der Waals surface area contributed by atoms with Crippen LogP contribution >= 0.6 is 0 Å². The average molecular weight is 280 g/mol. The lowest BCUT2D eigenvalue weighted by atomic mass is 10.0. The van der Waals surface area contributed by atoms with Crippen molar-refractivity contribution in [2.75, 3.05) is 18.9 Å². The standard InChI is InChI=1S/C12H16N4O4/c1-2-20-12(19)8-5-7(3-4-9(8)13)11(18)10(17)6-15-16-14/h3-5,10-11,17-18H,2,6,13H2,1H3. The largest absolute Gasteiger partial charge is 0.462 e. The number of benzene rings is 1. The van der Waals surface area contributed by atoms with Gasteiger partial charge in [0.15, 0.2) is 0 Å². The second-order valence-corrected chi connectivity index (χ2v) is 3.99. The number of rotatable bonds is 6. The van der Waals surface area contributed by atoms with Crippen LogP contribution < -0.4 is 5.73 Å². The Labute approximate surface area is 115 Å². The van der Waals surface area contributed by atoms with Crippen molar-refractivity contribution in [2.24, 2.45) is 5.11 Å². The van der Waals surface area contributed by atoms with Gasteiger partial charge in [0.1, 0.15) is 6.10 Å². The average Bonchev–Trinajstić information content (AvgIpc) is 2.44. The predicted molar refractivity (Wildman–Crippen MR) is 71.8 cm³/mol. The molecule has 108 valence electrons. The lowest BCUT2D eigenvalue weighted by Crippen LogP contribution is -2.21. The van der Waals surface area contributed by atoms with Gasteiger partial charge in [-0.1, -0.05) is 11.2 Å². The van der Waals surface area contributed by atoms with E-state index in [-0.39, 0.29) is 30.0 Å². The van der Waals surface area contributed by atoms with Crippen molar-refractivity contribution in [2.45, 2.75) is 19.1 Å². The van der Waals surface area contributed by atoms with Crippen LogP contribution in [0.4, 0.5) is 5.69 Å². The third-order valence-electron chi connectivity index (χ3n) is 2.61. The van der Waals surface area contributed by atoms with Gasteiger partial charge in [-0.3, -0.25) is 0 Å². The van der Waals surface area contributed by atoms with E-state index in [1.807, 2.05) is 0 Å². The van der Waals surface area contributed by atoms with E-state index in [1.54, 1.807) is 6.92 Å². The molecule has 0 fully saturated rings. The maximum absolute atomic E-state index is 11.7. The summed E-state index contributed by atoms with van der Waals surface area (Å²) in [6, 6.07) is 4.25. The third-order valence-corrected chi connectivity index (χ3v) is 2.61. The maximum Gasteiger partial charge on any atom is 0.340 e. The van der Waals surface area contributed by atoms with E-state index in [2.05, 4.69) is 10.0 Å². The van der Waals surface area contributed by atoms with Gasteiger partial charge in [0.05, 0.1) is 24.8 Å². The number of hydrogen-bond donors (Lipinski definition) is 3. The van der Waals surface area contributed by atoms with Crippen molar-refractivity contribution in [3.8, 4) is 0 Å². The molecule has 0 spiro atoms. The molecule has 8 heteroatoms. The van der Waals surface area contributed by atoms with Gasteiger partial charge < -0.3 is 20.7 Å². The number of azide groups is 1. The van der Waals surface area contributed by atoms with Crippen LogP contribution in [0.2, 0.25) is 0 Å². The van der Waals surface area contributed by atoms with E-state index in [4.69, 9.17) is 16.0 Å². The summed E-state index contributed by atoms with van der Waals surface area (Å²) in [6.07, 6.45) is -2.57. The predicted octanol–water partition coefficient (Wildman–Crippen LogP) is 1.15. The first-order valence-corrected chi connectivity index (χ1v) is 5.94. The summed E-state index contributed by atoms with van der Waals surface area (Å²) >= 11 is 0. The zero-order valence-corrected chi connectivity index (χ0v) is 10.9. The summed E-state index contributed by atoms with van der Waals surface area (Å²) < 4.78 is 4.84. The summed E-state index contributed by atoms with van der Waals surface area (Å²) in [5.41, 5.74) is 14.4. The lowest BCUT2D eigenvalue weighted by molar-refractivity contribution is 0.0242. The van der Waals surface area contributed by atoms with Crippen LogP contribution in [0.5, 0.6) is 0 Å². The van der Waals surface area contributed by atoms with Crippen molar-refractivity contribution < 1.29 is 19.7 Å². The normalized spacial score (nSPS) is 13.2. The Bertz CT molecular complexity index is 528. The fraction of sp³-hybridized carbons (Fsp3) is 0.417. The van der Waals surface area contributed by atoms with Gasteiger partial charge >= 0.3 is 5.97 Å². The van der Waals surface area contributed by atoms with Gasteiger partial charge in [0, 0.05) is 10.6 Å². The van der Waals surface area contributed by atoms with Crippen LogP contribution in [0.25, 0.3) is 10.4 Å². The Morgan fingerprint density at radius 1 is 1.55 bits per heavy atom. The molecule has 0 aromatic heterocycles. The van der Waals surface area contributed by atoms with Crippen molar-refractivity contribution in [1.82, 2.24) is 0 Å². The first-order valence-electron chi connectivity index (χ1n) is 5.94. The molecule has 0 bridgehead atoms. The Morgan fingerprint density at radius 3 is 2.85 bits per heavy atom. The lowest BCUT2D eigenvalue weighted by Gasteiger charge is -2.17. The molecule has 0 aliphatic rings. The number of aliphatic hydroxyl groups excluding tert-OH is 2. The molecule has 4 N–H and O–H groups in total. The fourth-order valence-electron chi connectivity index (χ4n) is 1.59. The highest BCUT2D eigenvalue weighted by molar-refractivity contribution is 5.95. The zero-order valence-electron chi connectivity index (χ0n) is 10.9. The molecule has 0 aliphatic carbocycles. The molecule has 1 aromatic rings. The quantitative estimate of drug-likeness (QED) is 0.235. The molecule has 0 amide bonds.